The van der Waals surface area contributed by atoms with E-state index >= 15 is 0 Å². The van der Waals surface area contributed by atoms with Gasteiger partial charge in [-0.05, 0) is 31.6 Å². The average molecular weight is 468 g/mol. The SMILES string of the molecule is CCNC(=NCC1(CCOC)CCCC1)NCCNC(=O)C(C)C.I. The molecule has 0 aromatic rings. The van der Waals surface area contributed by atoms with E-state index in [4.69, 9.17) is 9.73 Å². The molecule has 0 aromatic heterocycles. The summed E-state index contributed by atoms with van der Waals surface area (Å²) in [6.45, 7) is 9.62. The Balaban J connectivity index is 0.00000576. The number of rotatable bonds is 10. The molecule has 1 amide bonds. The molecule has 1 fully saturated rings. The monoisotopic (exact) mass is 468 g/mol. The number of halogens is 1. The predicted octanol–water partition coefficient (Wildman–Crippen LogP) is 2.53. The Kier molecular flexibility index (Phi) is 13.3. The molecule has 148 valence electrons. The minimum absolute atomic E-state index is 0. The summed E-state index contributed by atoms with van der Waals surface area (Å²) in [6.07, 6.45) is 6.15. The van der Waals surface area contributed by atoms with Crippen molar-refractivity contribution in [2.75, 3.05) is 39.9 Å². The Labute approximate surface area is 170 Å². The van der Waals surface area contributed by atoms with Crippen LogP contribution in [0.4, 0.5) is 0 Å². The number of carbonyl (C=O) groups excluding carboxylic acids is 1. The summed E-state index contributed by atoms with van der Waals surface area (Å²) in [7, 11) is 1.77. The first-order valence-electron chi connectivity index (χ1n) is 9.32. The van der Waals surface area contributed by atoms with Gasteiger partial charge in [0.1, 0.15) is 0 Å². The molecule has 0 heterocycles. The molecule has 0 unspecified atom stereocenters. The van der Waals surface area contributed by atoms with Gasteiger partial charge in [0.2, 0.25) is 5.91 Å². The maximum Gasteiger partial charge on any atom is 0.222 e. The van der Waals surface area contributed by atoms with Crippen molar-refractivity contribution < 1.29 is 9.53 Å². The zero-order valence-corrected chi connectivity index (χ0v) is 18.7. The first-order valence-corrected chi connectivity index (χ1v) is 9.32. The van der Waals surface area contributed by atoms with Crippen molar-refractivity contribution in [1.29, 1.82) is 0 Å². The van der Waals surface area contributed by atoms with Gasteiger partial charge in [-0.2, -0.15) is 0 Å². The molecule has 0 spiro atoms. The van der Waals surface area contributed by atoms with E-state index in [0.29, 0.717) is 18.5 Å². The molecule has 1 saturated carbocycles. The highest BCUT2D eigenvalue weighted by atomic mass is 127. The van der Waals surface area contributed by atoms with E-state index in [-0.39, 0.29) is 35.8 Å². The summed E-state index contributed by atoms with van der Waals surface area (Å²) in [5.74, 6) is 0.943. The zero-order valence-electron chi connectivity index (χ0n) is 16.3. The average Bonchev–Trinajstić information content (AvgIpc) is 3.03. The highest BCUT2D eigenvalue weighted by Gasteiger charge is 2.33. The Hall–Kier alpha value is -0.570. The van der Waals surface area contributed by atoms with Crippen LogP contribution >= 0.6 is 24.0 Å². The van der Waals surface area contributed by atoms with Crippen LogP contribution in [0, 0.1) is 11.3 Å². The van der Waals surface area contributed by atoms with Crippen LogP contribution in [0.1, 0.15) is 52.9 Å². The van der Waals surface area contributed by atoms with Crippen molar-refractivity contribution in [2.45, 2.75) is 52.9 Å². The van der Waals surface area contributed by atoms with Crippen molar-refractivity contribution in [2.24, 2.45) is 16.3 Å². The summed E-state index contributed by atoms with van der Waals surface area (Å²) >= 11 is 0. The lowest BCUT2D eigenvalue weighted by Crippen LogP contribution is -2.42. The second-order valence-corrected chi connectivity index (χ2v) is 7.02. The summed E-state index contributed by atoms with van der Waals surface area (Å²) in [6, 6.07) is 0. The number of ether oxygens (including phenoxy) is 1. The van der Waals surface area contributed by atoms with Crippen molar-refractivity contribution in [3.63, 3.8) is 0 Å². The number of hydrogen-bond donors (Lipinski definition) is 3. The normalized spacial score (nSPS) is 16.4. The van der Waals surface area contributed by atoms with E-state index in [2.05, 4.69) is 22.9 Å². The number of guanidine groups is 1. The van der Waals surface area contributed by atoms with Gasteiger partial charge in [0.25, 0.3) is 0 Å². The predicted molar refractivity (Wildman–Crippen MR) is 115 cm³/mol. The molecule has 0 aromatic carbocycles. The quantitative estimate of drug-likeness (QED) is 0.199. The lowest BCUT2D eigenvalue weighted by molar-refractivity contribution is -0.123. The number of nitrogens with one attached hydrogen (secondary N) is 3. The van der Waals surface area contributed by atoms with Crippen LogP contribution in [0.3, 0.4) is 0 Å². The third-order valence-corrected chi connectivity index (χ3v) is 4.66. The molecule has 3 N–H and O–H groups in total. The van der Waals surface area contributed by atoms with E-state index < -0.39 is 0 Å². The van der Waals surface area contributed by atoms with Crippen molar-refractivity contribution in [3.05, 3.63) is 0 Å². The van der Waals surface area contributed by atoms with Crippen molar-refractivity contribution in [1.82, 2.24) is 16.0 Å². The molecular weight excluding hydrogens is 431 g/mol. The van der Waals surface area contributed by atoms with Gasteiger partial charge in [-0.15, -0.1) is 24.0 Å². The number of nitrogens with zero attached hydrogens (tertiary/aromatic N) is 1. The third-order valence-electron chi connectivity index (χ3n) is 4.66. The van der Waals surface area contributed by atoms with Crippen molar-refractivity contribution >= 4 is 35.8 Å². The van der Waals surface area contributed by atoms with Crippen LogP contribution in [0.25, 0.3) is 0 Å². The van der Waals surface area contributed by atoms with Crippen LogP contribution in [0.2, 0.25) is 0 Å². The fraction of sp³-hybridized carbons (Fsp3) is 0.889. The highest BCUT2D eigenvalue weighted by Crippen LogP contribution is 2.41. The Morgan fingerprint density at radius 2 is 1.80 bits per heavy atom. The van der Waals surface area contributed by atoms with Crippen molar-refractivity contribution in [3.8, 4) is 0 Å². The smallest absolute Gasteiger partial charge is 0.222 e. The van der Waals surface area contributed by atoms with Gasteiger partial charge in [0.15, 0.2) is 5.96 Å². The van der Waals surface area contributed by atoms with Gasteiger partial charge in [0, 0.05) is 45.8 Å². The summed E-state index contributed by atoms with van der Waals surface area (Å²) in [5, 5.41) is 9.50. The number of hydrogen-bond acceptors (Lipinski definition) is 3. The van der Waals surface area contributed by atoms with Crippen LogP contribution in [0.15, 0.2) is 4.99 Å². The third kappa shape index (κ3) is 9.63. The molecule has 0 atom stereocenters. The molecule has 0 saturated heterocycles. The van der Waals surface area contributed by atoms with Gasteiger partial charge >= 0.3 is 0 Å². The summed E-state index contributed by atoms with van der Waals surface area (Å²) in [5.41, 5.74) is 0.296. The largest absolute Gasteiger partial charge is 0.385 e. The first-order chi connectivity index (χ1) is 11.5. The van der Waals surface area contributed by atoms with E-state index in [9.17, 15) is 4.79 Å². The molecule has 1 aliphatic carbocycles. The Bertz CT molecular complexity index is 397. The first kappa shape index (κ1) is 24.4. The summed E-state index contributed by atoms with van der Waals surface area (Å²) < 4.78 is 5.28. The second-order valence-electron chi connectivity index (χ2n) is 7.02. The molecule has 0 radical (unpaired) electrons. The van der Waals surface area contributed by atoms with E-state index in [1.807, 2.05) is 13.8 Å². The molecule has 7 heteroatoms. The molecule has 6 nitrogen and oxygen atoms in total. The standard InChI is InChI=1S/C18H36N4O2.HI/c1-5-19-17(21-12-11-20-16(23)15(2)3)22-14-18(10-13-24-4)8-6-7-9-18;/h15H,5-14H2,1-4H3,(H,20,23)(H2,19,21,22);1H. The minimum Gasteiger partial charge on any atom is -0.385 e. The number of aliphatic imine (C=N–C) groups is 1. The maximum atomic E-state index is 11.6. The second kappa shape index (κ2) is 13.6. The molecule has 25 heavy (non-hydrogen) atoms. The number of methoxy groups -OCH3 is 1. The number of amides is 1. The van der Waals surface area contributed by atoms with Gasteiger partial charge in [0.05, 0.1) is 0 Å². The summed E-state index contributed by atoms with van der Waals surface area (Å²) in [4.78, 5) is 16.4. The van der Waals surface area contributed by atoms with E-state index in [1.54, 1.807) is 7.11 Å². The van der Waals surface area contributed by atoms with Crippen LogP contribution in [0.5, 0.6) is 0 Å². The minimum atomic E-state index is 0. The topological polar surface area (TPSA) is 74.8 Å². The fourth-order valence-electron chi connectivity index (χ4n) is 3.09. The molecule has 0 bridgehead atoms. The van der Waals surface area contributed by atoms with Gasteiger partial charge in [-0.25, -0.2) is 0 Å². The van der Waals surface area contributed by atoms with E-state index in [0.717, 1.165) is 32.1 Å². The van der Waals surface area contributed by atoms with Gasteiger partial charge in [-0.1, -0.05) is 26.7 Å². The maximum absolute atomic E-state index is 11.6. The Morgan fingerprint density at radius 1 is 1.16 bits per heavy atom. The Morgan fingerprint density at radius 3 is 2.36 bits per heavy atom. The molecule has 1 aliphatic rings. The van der Waals surface area contributed by atoms with Crippen LogP contribution in [-0.4, -0.2) is 51.8 Å². The highest BCUT2D eigenvalue weighted by molar-refractivity contribution is 14.0. The fourth-order valence-corrected chi connectivity index (χ4v) is 3.09. The molecule has 1 rings (SSSR count). The van der Waals surface area contributed by atoms with E-state index in [1.165, 1.54) is 25.7 Å². The molecular formula is C18H37IN4O2. The van der Waals surface area contributed by atoms with Crippen LogP contribution < -0.4 is 16.0 Å². The van der Waals surface area contributed by atoms with Gasteiger partial charge in [-0.3, -0.25) is 9.79 Å². The molecule has 0 aliphatic heterocycles. The lowest BCUT2D eigenvalue weighted by atomic mass is 9.83. The lowest BCUT2D eigenvalue weighted by Gasteiger charge is -2.27. The van der Waals surface area contributed by atoms with Crippen LogP contribution in [-0.2, 0) is 9.53 Å². The number of carbonyl (C=O) groups is 1. The zero-order chi connectivity index (χ0) is 17.8. The van der Waals surface area contributed by atoms with Gasteiger partial charge < -0.3 is 20.7 Å².